The Morgan fingerprint density at radius 3 is 2.76 bits per heavy atom. The van der Waals surface area contributed by atoms with Crippen LogP contribution < -0.4 is 10.0 Å². The highest BCUT2D eigenvalue weighted by atomic mass is 32.2. The lowest BCUT2D eigenvalue weighted by molar-refractivity contribution is 0.239. The Labute approximate surface area is 125 Å². The van der Waals surface area contributed by atoms with Gasteiger partial charge in [0.15, 0.2) is 0 Å². The van der Waals surface area contributed by atoms with Gasteiger partial charge in [0.2, 0.25) is 10.0 Å². The molecule has 1 saturated heterocycles. The number of rotatable bonds is 6. The van der Waals surface area contributed by atoms with Gasteiger partial charge in [-0.15, -0.1) is 0 Å². The van der Waals surface area contributed by atoms with Gasteiger partial charge in [-0.05, 0) is 31.5 Å². The van der Waals surface area contributed by atoms with E-state index in [-0.39, 0.29) is 4.90 Å². The van der Waals surface area contributed by atoms with Crippen molar-refractivity contribution in [1.29, 1.82) is 0 Å². The van der Waals surface area contributed by atoms with E-state index >= 15 is 0 Å². The third-order valence-electron chi connectivity index (χ3n) is 3.60. The van der Waals surface area contributed by atoms with Crippen molar-refractivity contribution in [2.45, 2.75) is 18.2 Å². The Kier molecular flexibility index (Phi) is 5.69. The fourth-order valence-corrected chi connectivity index (χ4v) is 3.57. The molecule has 1 aliphatic rings. The van der Waals surface area contributed by atoms with Crippen LogP contribution in [0.2, 0.25) is 0 Å². The molecule has 0 amide bonds. The van der Waals surface area contributed by atoms with Crippen molar-refractivity contribution >= 4 is 10.0 Å². The van der Waals surface area contributed by atoms with Gasteiger partial charge in [-0.3, -0.25) is 0 Å². The fourth-order valence-electron chi connectivity index (χ4n) is 2.35. The number of benzene rings is 1. The van der Waals surface area contributed by atoms with Crippen LogP contribution in [0.3, 0.4) is 0 Å². The minimum absolute atomic E-state index is 0.273. The van der Waals surface area contributed by atoms with Crippen LogP contribution in [0, 0.1) is 12.7 Å². The summed E-state index contributed by atoms with van der Waals surface area (Å²) < 4.78 is 40.5. The van der Waals surface area contributed by atoms with Crippen LogP contribution in [-0.2, 0) is 10.0 Å². The molecule has 1 heterocycles. The number of hydrogen-bond donors (Lipinski definition) is 2. The van der Waals surface area contributed by atoms with Gasteiger partial charge < -0.3 is 10.2 Å². The number of sulfonamides is 1. The molecule has 0 radical (unpaired) electrons. The lowest BCUT2D eigenvalue weighted by Crippen LogP contribution is -2.44. The second-order valence-corrected chi connectivity index (χ2v) is 6.97. The van der Waals surface area contributed by atoms with E-state index in [1.807, 2.05) is 0 Å². The van der Waals surface area contributed by atoms with Crippen molar-refractivity contribution in [2.75, 3.05) is 39.3 Å². The minimum atomic E-state index is -3.77. The average Bonchev–Trinajstić information content (AvgIpc) is 2.47. The Balaban J connectivity index is 1.85. The van der Waals surface area contributed by atoms with E-state index in [4.69, 9.17) is 0 Å². The first-order chi connectivity index (χ1) is 10.0. The van der Waals surface area contributed by atoms with Crippen molar-refractivity contribution in [3.8, 4) is 0 Å². The molecular formula is C14H22FN3O2S. The zero-order chi connectivity index (χ0) is 15.3. The summed E-state index contributed by atoms with van der Waals surface area (Å²) in [5.41, 5.74) is 0.332. The predicted octanol–water partition coefficient (Wildman–Crippen LogP) is 0.708. The minimum Gasteiger partial charge on any atom is -0.314 e. The van der Waals surface area contributed by atoms with Gasteiger partial charge in [0, 0.05) is 32.7 Å². The van der Waals surface area contributed by atoms with Crippen molar-refractivity contribution in [3.63, 3.8) is 0 Å². The molecule has 118 valence electrons. The van der Waals surface area contributed by atoms with E-state index in [9.17, 15) is 12.8 Å². The maximum Gasteiger partial charge on any atom is 0.243 e. The van der Waals surface area contributed by atoms with Gasteiger partial charge in [0.1, 0.15) is 10.7 Å². The molecule has 0 saturated carbocycles. The van der Waals surface area contributed by atoms with Crippen molar-refractivity contribution in [2.24, 2.45) is 0 Å². The molecule has 1 aromatic carbocycles. The lowest BCUT2D eigenvalue weighted by Gasteiger charge is -2.27. The normalized spacial score (nSPS) is 17.0. The standard InChI is InChI=1S/C14H22FN3O2S/c1-12-4-2-5-13(14(12)15)21(19,20)17-6-3-9-18-10-7-16-8-11-18/h2,4-5,16-17H,3,6-11H2,1H3. The summed E-state index contributed by atoms with van der Waals surface area (Å²) in [6.07, 6.45) is 0.715. The van der Waals surface area contributed by atoms with Gasteiger partial charge >= 0.3 is 0 Å². The Morgan fingerprint density at radius 1 is 1.33 bits per heavy atom. The summed E-state index contributed by atoms with van der Waals surface area (Å²) in [6, 6.07) is 4.40. The summed E-state index contributed by atoms with van der Waals surface area (Å²) in [6.45, 7) is 6.64. The molecule has 1 fully saturated rings. The Morgan fingerprint density at radius 2 is 2.05 bits per heavy atom. The molecule has 0 atom stereocenters. The summed E-state index contributed by atoms with van der Waals surface area (Å²) in [5.74, 6) is -0.674. The van der Waals surface area contributed by atoms with Crippen LogP contribution in [0.1, 0.15) is 12.0 Å². The SMILES string of the molecule is Cc1cccc(S(=O)(=O)NCCCN2CCNCC2)c1F. The van der Waals surface area contributed by atoms with Gasteiger partial charge in [-0.1, -0.05) is 12.1 Å². The molecule has 0 spiro atoms. The number of piperazine rings is 1. The topological polar surface area (TPSA) is 61.4 Å². The van der Waals surface area contributed by atoms with Crippen LogP contribution in [0.25, 0.3) is 0 Å². The highest BCUT2D eigenvalue weighted by molar-refractivity contribution is 7.89. The first-order valence-electron chi connectivity index (χ1n) is 7.18. The second-order valence-electron chi connectivity index (χ2n) is 5.23. The largest absolute Gasteiger partial charge is 0.314 e. The molecule has 5 nitrogen and oxygen atoms in total. The summed E-state index contributed by atoms with van der Waals surface area (Å²) in [5, 5.41) is 3.27. The number of halogens is 1. The van der Waals surface area contributed by atoms with Gasteiger partial charge in [-0.25, -0.2) is 17.5 Å². The third kappa shape index (κ3) is 4.47. The molecule has 2 N–H and O–H groups in total. The summed E-state index contributed by atoms with van der Waals surface area (Å²) in [7, 11) is -3.77. The molecule has 7 heteroatoms. The van der Waals surface area contributed by atoms with E-state index in [0.29, 0.717) is 18.5 Å². The van der Waals surface area contributed by atoms with E-state index in [2.05, 4.69) is 14.9 Å². The molecule has 0 unspecified atom stereocenters. The van der Waals surface area contributed by atoms with E-state index in [1.54, 1.807) is 19.1 Å². The lowest BCUT2D eigenvalue weighted by atomic mass is 10.2. The zero-order valence-corrected chi connectivity index (χ0v) is 13.0. The van der Waals surface area contributed by atoms with Crippen LogP contribution in [0.5, 0.6) is 0 Å². The van der Waals surface area contributed by atoms with Gasteiger partial charge in [0.05, 0.1) is 0 Å². The van der Waals surface area contributed by atoms with Crippen molar-refractivity contribution in [1.82, 2.24) is 14.9 Å². The van der Waals surface area contributed by atoms with E-state index in [0.717, 1.165) is 32.7 Å². The highest BCUT2D eigenvalue weighted by Crippen LogP contribution is 2.16. The first kappa shape index (κ1) is 16.4. The highest BCUT2D eigenvalue weighted by Gasteiger charge is 2.19. The molecule has 2 rings (SSSR count). The Hall–Kier alpha value is -1.02. The maximum absolute atomic E-state index is 13.9. The molecule has 0 bridgehead atoms. The predicted molar refractivity (Wildman–Crippen MR) is 80.3 cm³/mol. The zero-order valence-electron chi connectivity index (χ0n) is 12.2. The molecule has 0 aliphatic carbocycles. The average molecular weight is 315 g/mol. The van der Waals surface area contributed by atoms with Crippen LogP contribution >= 0.6 is 0 Å². The molecule has 1 aromatic rings. The quantitative estimate of drug-likeness (QED) is 0.759. The van der Waals surface area contributed by atoms with Gasteiger partial charge in [0.25, 0.3) is 0 Å². The number of nitrogens with one attached hydrogen (secondary N) is 2. The van der Waals surface area contributed by atoms with Gasteiger partial charge in [-0.2, -0.15) is 0 Å². The molecular weight excluding hydrogens is 293 g/mol. The molecule has 1 aliphatic heterocycles. The first-order valence-corrected chi connectivity index (χ1v) is 8.67. The smallest absolute Gasteiger partial charge is 0.243 e. The Bertz CT molecular complexity index is 572. The number of aryl methyl sites for hydroxylation is 1. The van der Waals surface area contributed by atoms with Crippen molar-refractivity contribution in [3.05, 3.63) is 29.6 Å². The van der Waals surface area contributed by atoms with Crippen molar-refractivity contribution < 1.29 is 12.8 Å². The summed E-state index contributed by atoms with van der Waals surface area (Å²) in [4.78, 5) is 2.02. The summed E-state index contributed by atoms with van der Waals surface area (Å²) >= 11 is 0. The number of nitrogens with zero attached hydrogens (tertiary/aromatic N) is 1. The van der Waals surface area contributed by atoms with Crippen LogP contribution in [0.4, 0.5) is 4.39 Å². The second kappa shape index (κ2) is 7.31. The molecule has 21 heavy (non-hydrogen) atoms. The van der Waals surface area contributed by atoms with E-state index in [1.165, 1.54) is 6.07 Å². The maximum atomic E-state index is 13.9. The third-order valence-corrected chi connectivity index (χ3v) is 5.08. The monoisotopic (exact) mass is 315 g/mol. The van der Waals surface area contributed by atoms with Crippen LogP contribution in [-0.4, -0.2) is 52.6 Å². The van der Waals surface area contributed by atoms with E-state index < -0.39 is 15.8 Å². The number of hydrogen-bond acceptors (Lipinski definition) is 4. The van der Waals surface area contributed by atoms with Crippen LogP contribution in [0.15, 0.2) is 23.1 Å². The molecule has 0 aromatic heterocycles. The fraction of sp³-hybridized carbons (Fsp3) is 0.571.